The van der Waals surface area contributed by atoms with Crippen LogP contribution in [0, 0.1) is 11.7 Å². The minimum absolute atomic E-state index is 0.111. The van der Waals surface area contributed by atoms with Crippen molar-refractivity contribution in [2.75, 3.05) is 0 Å². The molecule has 0 N–H and O–H groups in total. The molecule has 1 nitrogen and oxygen atoms in total. The quantitative estimate of drug-likeness (QED) is 0.786. The van der Waals surface area contributed by atoms with Crippen LogP contribution in [0.5, 0.6) is 0 Å². The highest BCUT2D eigenvalue weighted by molar-refractivity contribution is 9.10. The lowest BCUT2D eigenvalue weighted by atomic mass is 9.80. The first-order valence-corrected chi connectivity index (χ1v) is 7.50. The van der Waals surface area contributed by atoms with E-state index in [2.05, 4.69) is 15.9 Å². The number of Topliss-reactive ketones (excluding diaryl/α,β-unsaturated/α-hetero) is 1. The van der Waals surface area contributed by atoms with Gasteiger partial charge in [0.25, 0.3) is 0 Å². The highest BCUT2D eigenvalue weighted by atomic mass is 79.9. The molecular formula is C17H14BrFO. The number of fused-ring (bicyclic) bond motifs is 1. The summed E-state index contributed by atoms with van der Waals surface area (Å²) in [6.45, 7) is 0. The van der Waals surface area contributed by atoms with E-state index in [1.807, 2.05) is 30.3 Å². The van der Waals surface area contributed by atoms with Crippen LogP contribution >= 0.6 is 15.9 Å². The summed E-state index contributed by atoms with van der Waals surface area (Å²) in [4.78, 5) is 12.5. The molecule has 3 rings (SSSR count). The molecule has 1 atom stereocenters. The van der Waals surface area contributed by atoms with Crippen LogP contribution in [0.4, 0.5) is 4.39 Å². The minimum atomic E-state index is -0.244. The molecular weight excluding hydrogens is 319 g/mol. The monoisotopic (exact) mass is 332 g/mol. The van der Waals surface area contributed by atoms with Crippen LogP contribution in [0.25, 0.3) is 0 Å². The van der Waals surface area contributed by atoms with Crippen LogP contribution in [0.2, 0.25) is 0 Å². The van der Waals surface area contributed by atoms with Gasteiger partial charge in [-0.1, -0.05) is 46.3 Å². The number of hydrogen-bond acceptors (Lipinski definition) is 1. The molecule has 3 heteroatoms. The zero-order valence-corrected chi connectivity index (χ0v) is 12.5. The van der Waals surface area contributed by atoms with Gasteiger partial charge in [-0.05, 0) is 42.5 Å². The predicted molar refractivity (Wildman–Crippen MR) is 80.4 cm³/mol. The van der Waals surface area contributed by atoms with E-state index in [-0.39, 0.29) is 17.5 Å². The van der Waals surface area contributed by atoms with E-state index in [9.17, 15) is 9.18 Å². The maximum Gasteiger partial charge on any atom is 0.166 e. The molecule has 1 aliphatic rings. The predicted octanol–water partition coefficient (Wildman–Crippen LogP) is 4.58. The Morgan fingerprint density at radius 2 is 2.00 bits per heavy atom. The first kappa shape index (κ1) is 13.5. The van der Waals surface area contributed by atoms with Crippen molar-refractivity contribution in [3.8, 4) is 0 Å². The Morgan fingerprint density at radius 1 is 1.20 bits per heavy atom. The summed E-state index contributed by atoms with van der Waals surface area (Å²) in [5.74, 6) is -0.208. The molecule has 0 aliphatic heterocycles. The van der Waals surface area contributed by atoms with Gasteiger partial charge in [0.1, 0.15) is 5.82 Å². The minimum Gasteiger partial charge on any atom is -0.294 e. The molecule has 0 bridgehead atoms. The molecule has 0 amide bonds. The summed E-state index contributed by atoms with van der Waals surface area (Å²) >= 11 is 3.25. The number of ketones is 1. The fourth-order valence-corrected chi connectivity index (χ4v) is 3.14. The van der Waals surface area contributed by atoms with Crippen LogP contribution in [-0.4, -0.2) is 5.78 Å². The van der Waals surface area contributed by atoms with Gasteiger partial charge in [0, 0.05) is 16.0 Å². The second-order valence-corrected chi connectivity index (χ2v) is 6.11. The van der Waals surface area contributed by atoms with Crippen LogP contribution in [0.1, 0.15) is 27.9 Å². The van der Waals surface area contributed by atoms with Gasteiger partial charge in [-0.3, -0.25) is 4.79 Å². The average molecular weight is 333 g/mol. The van der Waals surface area contributed by atoms with Crippen LogP contribution < -0.4 is 0 Å². The lowest BCUT2D eigenvalue weighted by Gasteiger charge is -2.23. The number of carbonyl (C=O) groups is 1. The number of halogens is 2. The largest absolute Gasteiger partial charge is 0.294 e. The van der Waals surface area contributed by atoms with Crippen molar-refractivity contribution in [2.45, 2.75) is 19.3 Å². The molecule has 0 aromatic heterocycles. The van der Waals surface area contributed by atoms with E-state index < -0.39 is 0 Å². The van der Waals surface area contributed by atoms with Crippen LogP contribution in [-0.2, 0) is 12.8 Å². The summed E-state index contributed by atoms with van der Waals surface area (Å²) in [6, 6.07) is 12.8. The SMILES string of the molecule is O=C1c2ccccc2CCC1Cc1ccc(Br)cc1F. The molecule has 0 heterocycles. The second kappa shape index (κ2) is 5.49. The molecule has 1 unspecified atom stereocenters. The van der Waals surface area contributed by atoms with Crippen molar-refractivity contribution < 1.29 is 9.18 Å². The third-order valence-corrected chi connectivity index (χ3v) is 4.39. The van der Waals surface area contributed by atoms with Gasteiger partial charge >= 0.3 is 0 Å². The van der Waals surface area contributed by atoms with Gasteiger partial charge in [0.15, 0.2) is 5.78 Å². The third-order valence-electron chi connectivity index (χ3n) is 3.90. The van der Waals surface area contributed by atoms with E-state index in [0.717, 1.165) is 28.4 Å². The standard InChI is InChI=1S/C17H14BrFO/c18-14-8-7-12(16(19)10-14)9-13-6-5-11-3-1-2-4-15(11)17(13)20/h1-4,7-8,10,13H,5-6,9H2. The second-order valence-electron chi connectivity index (χ2n) is 5.20. The maximum absolute atomic E-state index is 13.9. The first-order valence-electron chi connectivity index (χ1n) is 6.71. The lowest BCUT2D eigenvalue weighted by molar-refractivity contribution is 0.0901. The summed E-state index contributed by atoms with van der Waals surface area (Å²) in [6.07, 6.45) is 2.17. The number of aryl methyl sites for hydroxylation is 1. The number of rotatable bonds is 2. The normalized spacial score (nSPS) is 17.9. The summed E-state index contributed by atoms with van der Waals surface area (Å²) < 4.78 is 14.6. The van der Waals surface area contributed by atoms with E-state index in [1.165, 1.54) is 6.07 Å². The molecule has 20 heavy (non-hydrogen) atoms. The highest BCUT2D eigenvalue weighted by Gasteiger charge is 2.27. The topological polar surface area (TPSA) is 17.1 Å². The Morgan fingerprint density at radius 3 is 2.80 bits per heavy atom. The molecule has 2 aromatic carbocycles. The fraction of sp³-hybridized carbons (Fsp3) is 0.235. The Kier molecular flexibility index (Phi) is 3.70. The van der Waals surface area contributed by atoms with Gasteiger partial charge in [-0.2, -0.15) is 0 Å². The highest BCUT2D eigenvalue weighted by Crippen LogP contribution is 2.29. The lowest BCUT2D eigenvalue weighted by Crippen LogP contribution is -2.24. The summed E-state index contributed by atoms with van der Waals surface area (Å²) in [5.41, 5.74) is 2.54. The zero-order valence-electron chi connectivity index (χ0n) is 10.9. The number of carbonyl (C=O) groups excluding carboxylic acids is 1. The Bertz CT molecular complexity index is 666. The van der Waals surface area contributed by atoms with Gasteiger partial charge < -0.3 is 0 Å². The van der Waals surface area contributed by atoms with Crippen molar-refractivity contribution in [3.05, 3.63) is 69.4 Å². The van der Waals surface area contributed by atoms with Crippen molar-refractivity contribution in [3.63, 3.8) is 0 Å². The maximum atomic E-state index is 13.9. The van der Waals surface area contributed by atoms with Crippen molar-refractivity contribution >= 4 is 21.7 Å². The van der Waals surface area contributed by atoms with E-state index in [0.29, 0.717) is 12.0 Å². The van der Waals surface area contributed by atoms with Gasteiger partial charge in [0.05, 0.1) is 0 Å². The number of benzene rings is 2. The fourth-order valence-electron chi connectivity index (χ4n) is 2.81. The molecule has 0 spiro atoms. The Hall–Kier alpha value is -1.48. The van der Waals surface area contributed by atoms with Crippen molar-refractivity contribution in [1.82, 2.24) is 0 Å². The van der Waals surface area contributed by atoms with Gasteiger partial charge in [-0.25, -0.2) is 4.39 Å². The van der Waals surface area contributed by atoms with E-state index in [1.54, 1.807) is 6.07 Å². The Labute approximate surface area is 126 Å². The molecule has 102 valence electrons. The zero-order chi connectivity index (χ0) is 14.1. The summed E-state index contributed by atoms with van der Waals surface area (Å²) in [7, 11) is 0. The number of hydrogen-bond donors (Lipinski definition) is 0. The van der Waals surface area contributed by atoms with Crippen molar-refractivity contribution in [2.24, 2.45) is 5.92 Å². The van der Waals surface area contributed by atoms with E-state index >= 15 is 0 Å². The van der Waals surface area contributed by atoms with Gasteiger partial charge in [0.2, 0.25) is 0 Å². The molecule has 2 aromatic rings. The van der Waals surface area contributed by atoms with Gasteiger partial charge in [-0.15, -0.1) is 0 Å². The first-order chi connectivity index (χ1) is 9.65. The van der Waals surface area contributed by atoms with Crippen LogP contribution in [0.15, 0.2) is 46.9 Å². The van der Waals surface area contributed by atoms with Crippen LogP contribution in [0.3, 0.4) is 0 Å². The van der Waals surface area contributed by atoms with E-state index in [4.69, 9.17) is 0 Å². The smallest absolute Gasteiger partial charge is 0.166 e. The third kappa shape index (κ3) is 2.55. The Balaban J connectivity index is 1.85. The van der Waals surface area contributed by atoms with Crippen molar-refractivity contribution in [1.29, 1.82) is 0 Å². The molecule has 1 aliphatic carbocycles. The molecule has 0 radical (unpaired) electrons. The molecule has 0 saturated heterocycles. The molecule has 0 saturated carbocycles. The summed E-state index contributed by atoms with van der Waals surface area (Å²) in [5, 5.41) is 0. The average Bonchev–Trinajstić information content (AvgIpc) is 2.45. The molecule has 0 fully saturated rings.